The second-order valence-corrected chi connectivity index (χ2v) is 4.80. The van der Waals surface area contributed by atoms with Gasteiger partial charge < -0.3 is 5.11 Å². The Morgan fingerprint density at radius 2 is 2.00 bits per heavy atom. The maximum Gasteiger partial charge on any atom is 0.303 e. The first kappa shape index (κ1) is 14.6. The lowest BCUT2D eigenvalue weighted by Gasteiger charge is -2.21. The van der Waals surface area contributed by atoms with Crippen LogP contribution in [0.5, 0.6) is 0 Å². The Morgan fingerprint density at radius 1 is 1.33 bits per heavy atom. The molecule has 18 heavy (non-hydrogen) atoms. The largest absolute Gasteiger partial charge is 0.481 e. The Labute approximate surface area is 106 Å². The normalized spacial score (nSPS) is 12.7. The molecule has 0 radical (unpaired) electrons. The molecule has 1 N–H and O–H groups in total. The molecule has 1 aromatic carbocycles. The first-order valence-corrected chi connectivity index (χ1v) is 6.08. The van der Waals surface area contributed by atoms with E-state index in [1.807, 2.05) is 13.8 Å². The number of hydrogen-bond donors (Lipinski definition) is 1. The van der Waals surface area contributed by atoms with Gasteiger partial charge in [-0.25, -0.2) is 8.78 Å². The minimum absolute atomic E-state index is 0.0754. The molecular weight excluding hydrogens is 238 g/mol. The average molecular weight is 256 g/mol. The highest BCUT2D eigenvalue weighted by Crippen LogP contribution is 2.31. The number of carbonyl (C=O) groups is 1. The van der Waals surface area contributed by atoms with Gasteiger partial charge in [-0.1, -0.05) is 19.9 Å². The second-order valence-electron chi connectivity index (χ2n) is 4.80. The van der Waals surface area contributed by atoms with Gasteiger partial charge >= 0.3 is 5.97 Å². The summed E-state index contributed by atoms with van der Waals surface area (Å²) >= 11 is 0. The molecule has 1 unspecified atom stereocenters. The Kier molecular flexibility index (Phi) is 5.25. The highest BCUT2D eigenvalue weighted by atomic mass is 19.1. The molecule has 0 aliphatic rings. The van der Waals surface area contributed by atoms with Crippen molar-refractivity contribution in [2.45, 2.75) is 39.0 Å². The molecule has 0 aromatic heterocycles. The highest BCUT2D eigenvalue weighted by molar-refractivity contribution is 5.66. The van der Waals surface area contributed by atoms with Crippen LogP contribution in [0.15, 0.2) is 18.2 Å². The van der Waals surface area contributed by atoms with Crippen LogP contribution in [0.1, 0.15) is 44.6 Å². The fourth-order valence-electron chi connectivity index (χ4n) is 2.12. The molecule has 0 bridgehead atoms. The van der Waals surface area contributed by atoms with Crippen molar-refractivity contribution in [1.82, 2.24) is 0 Å². The topological polar surface area (TPSA) is 37.3 Å². The van der Waals surface area contributed by atoms with Crippen LogP contribution in [0.2, 0.25) is 0 Å². The van der Waals surface area contributed by atoms with Crippen LogP contribution in [-0.2, 0) is 4.79 Å². The lowest BCUT2D eigenvalue weighted by Crippen LogP contribution is -2.10. The van der Waals surface area contributed by atoms with Crippen molar-refractivity contribution in [3.8, 4) is 0 Å². The molecule has 100 valence electrons. The maximum absolute atomic E-state index is 13.7. The fourth-order valence-corrected chi connectivity index (χ4v) is 2.12. The fraction of sp³-hybridized carbons (Fsp3) is 0.500. The summed E-state index contributed by atoms with van der Waals surface area (Å²) in [6.45, 7) is 3.91. The number of hydrogen-bond acceptors (Lipinski definition) is 1. The van der Waals surface area contributed by atoms with Crippen molar-refractivity contribution in [3.05, 3.63) is 35.4 Å². The summed E-state index contributed by atoms with van der Waals surface area (Å²) in [5.41, 5.74) is 0.469. The van der Waals surface area contributed by atoms with E-state index in [9.17, 15) is 13.6 Å². The van der Waals surface area contributed by atoms with E-state index in [2.05, 4.69) is 0 Å². The lowest BCUT2D eigenvalue weighted by molar-refractivity contribution is -0.137. The molecular formula is C14H18F2O2. The van der Waals surface area contributed by atoms with Gasteiger partial charge in [-0.3, -0.25) is 4.79 Å². The predicted molar refractivity (Wildman–Crippen MR) is 65.4 cm³/mol. The van der Waals surface area contributed by atoms with Gasteiger partial charge in [0.05, 0.1) is 0 Å². The van der Waals surface area contributed by atoms with Gasteiger partial charge in [-0.2, -0.15) is 0 Å². The van der Waals surface area contributed by atoms with Crippen LogP contribution in [0.3, 0.4) is 0 Å². The molecule has 1 rings (SSSR count). The number of aliphatic carboxylic acids is 1. The Bertz CT molecular complexity index is 416. The number of halogens is 2. The third kappa shape index (κ3) is 4.09. The molecule has 0 heterocycles. The predicted octanol–water partition coefficient (Wildman–Crippen LogP) is 3.96. The minimum Gasteiger partial charge on any atom is -0.481 e. The van der Waals surface area contributed by atoms with Crippen molar-refractivity contribution in [1.29, 1.82) is 0 Å². The third-order valence-corrected chi connectivity index (χ3v) is 3.07. The second kappa shape index (κ2) is 6.47. The molecule has 0 spiro atoms. The molecule has 0 aliphatic heterocycles. The van der Waals surface area contributed by atoms with Gasteiger partial charge in [-0.15, -0.1) is 0 Å². The van der Waals surface area contributed by atoms with E-state index in [0.29, 0.717) is 18.4 Å². The van der Waals surface area contributed by atoms with Gasteiger partial charge in [0.15, 0.2) is 0 Å². The van der Waals surface area contributed by atoms with E-state index in [4.69, 9.17) is 5.11 Å². The van der Waals surface area contributed by atoms with Gasteiger partial charge in [0.2, 0.25) is 0 Å². The van der Waals surface area contributed by atoms with Crippen LogP contribution in [-0.4, -0.2) is 11.1 Å². The van der Waals surface area contributed by atoms with Gasteiger partial charge in [0.25, 0.3) is 0 Å². The van der Waals surface area contributed by atoms with E-state index >= 15 is 0 Å². The molecule has 0 aliphatic carbocycles. The molecule has 0 amide bonds. The van der Waals surface area contributed by atoms with E-state index in [-0.39, 0.29) is 18.3 Å². The Hall–Kier alpha value is -1.45. The molecule has 0 saturated heterocycles. The van der Waals surface area contributed by atoms with E-state index in [1.54, 1.807) is 0 Å². The summed E-state index contributed by atoms with van der Waals surface area (Å²) in [7, 11) is 0. The molecule has 0 saturated carbocycles. The number of rotatable bonds is 6. The van der Waals surface area contributed by atoms with Crippen molar-refractivity contribution < 1.29 is 18.7 Å². The number of carboxylic acids is 1. The van der Waals surface area contributed by atoms with Gasteiger partial charge in [-0.05, 0) is 36.3 Å². The minimum atomic E-state index is -0.850. The average Bonchev–Trinajstić information content (AvgIpc) is 2.25. The monoisotopic (exact) mass is 256 g/mol. The zero-order valence-corrected chi connectivity index (χ0v) is 10.6. The SMILES string of the molecule is CC(C)C(CCCC(=O)O)c1ccc(F)cc1F. The zero-order valence-electron chi connectivity index (χ0n) is 10.6. The first-order chi connectivity index (χ1) is 8.41. The summed E-state index contributed by atoms with van der Waals surface area (Å²) in [5.74, 6) is -1.89. The Balaban J connectivity index is 2.80. The third-order valence-electron chi connectivity index (χ3n) is 3.07. The summed E-state index contributed by atoms with van der Waals surface area (Å²) in [6.07, 6.45) is 1.16. The van der Waals surface area contributed by atoms with Crippen LogP contribution < -0.4 is 0 Å². The van der Waals surface area contributed by atoms with E-state index in [1.165, 1.54) is 12.1 Å². The van der Waals surface area contributed by atoms with Crippen molar-refractivity contribution in [3.63, 3.8) is 0 Å². The molecule has 2 nitrogen and oxygen atoms in total. The van der Waals surface area contributed by atoms with Crippen LogP contribution in [0.25, 0.3) is 0 Å². The quantitative estimate of drug-likeness (QED) is 0.836. The summed E-state index contributed by atoms with van der Waals surface area (Å²) in [4.78, 5) is 10.5. The zero-order chi connectivity index (χ0) is 13.7. The van der Waals surface area contributed by atoms with Crippen molar-refractivity contribution >= 4 is 5.97 Å². The van der Waals surface area contributed by atoms with Crippen molar-refractivity contribution in [2.24, 2.45) is 5.92 Å². The highest BCUT2D eigenvalue weighted by Gasteiger charge is 2.19. The van der Waals surface area contributed by atoms with E-state index < -0.39 is 17.6 Å². The molecule has 1 aromatic rings. The van der Waals surface area contributed by atoms with Crippen LogP contribution in [0.4, 0.5) is 8.78 Å². The summed E-state index contributed by atoms with van der Waals surface area (Å²) in [6, 6.07) is 3.57. The summed E-state index contributed by atoms with van der Waals surface area (Å²) in [5, 5.41) is 8.60. The summed E-state index contributed by atoms with van der Waals surface area (Å²) < 4.78 is 26.5. The number of carboxylic acid groups (broad SMARTS) is 1. The molecule has 0 fully saturated rings. The van der Waals surface area contributed by atoms with Crippen molar-refractivity contribution in [2.75, 3.05) is 0 Å². The molecule has 4 heteroatoms. The van der Waals surface area contributed by atoms with Crippen LogP contribution in [0, 0.1) is 17.6 Å². The maximum atomic E-state index is 13.7. The molecule has 1 atom stereocenters. The Morgan fingerprint density at radius 3 is 2.50 bits per heavy atom. The smallest absolute Gasteiger partial charge is 0.303 e. The first-order valence-electron chi connectivity index (χ1n) is 6.08. The standard InChI is InChI=1S/C14H18F2O2/c1-9(2)11(4-3-5-14(17)18)12-7-6-10(15)8-13(12)16/h6-9,11H,3-5H2,1-2H3,(H,17,18). The number of benzene rings is 1. The lowest BCUT2D eigenvalue weighted by atomic mass is 9.84. The van der Waals surface area contributed by atoms with Gasteiger partial charge in [0, 0.05) is 12.5 Å². The van der Waals surface area contributed by atoms with Gasteiger partial charge in [0.1, 0.15) is 11.6 Å². The van der Waals surface area contributed by atoms with Crippen LogP contribution >= 0.6 is 0 Å². The van der Waals surface area contributed by atoms with E-state index in [0.717, 1.165) is 6.07 Å².